The smallest absolute Gasteiger partial charge is 0.305 e. The Labute approximate surface area is 115 Å². The topological polar surface area (TPSA) is 72.7 Å². The van der Waals surface area contributed by atoms with Crippen LogP contribution in [0.15, 0.2) is 18.2 Å². The Morgan fingerprint density at radius 1 is 1.60 bits per heavy atom. The third-order valence-corrected chi connectivity index (χ3v) is 3.35. The minimum Gasteiger partial charge on any atom is -0.377 e. The largest absolute Gasteiger partial charge is 0.377 e. The lowest BCUT2D eigenvalue weighted by Crippen LogP contribution is -2.48. The lowest BCUT2D eigenvalue weighted by molar-refractivity contribution is -0.387. The second-order valence-corrected chi connectivity index (χ2v) is 4.56. The van der Waals surface area contributed by atoms with Crippen molar-refractivity contribution in [3.63, 3.8) is 0 Å². The van der Waals surface area contributed by atoms with Crippen LogP contribution in [0.3, 0.4) is 0 Å². The summed E-state index contributed by atoms with van der Waals surface area (Å²) in [4.78, 5) is 23.9. The maximum atomic E-state index is 13.3. The number of hydrogen-bond acceptors (Lipinski definition) is 4. The molecule has 6 nitrogen and oxygen atoms in total. The second kappa shape index (κ2) is 5.96. The van der Waals surface area contributed by atoms with Crippen molar-refractivity contribution in [1.82, 2.24) is 4.90 Å². The molecule has 1 unspecified atom stereocenters. The van der Waals surface area contributed by atoms with Gasteiger partial charge in [-0.3, -0.25) is 14.9 Å². The first-order valence-electron chi connectivity index (χ1n) is 6.37. The summed E-state index contributed by atoms with van der Waals surface area (Å²) in [6.45, 7) is 3.26. The highest BCUT2D eigenvalue weighted by Crippen LogP contribution is 2.21. The molecule has 0 aromatic heterocycles. The van der Waals surface area contributed by atoms with Gasteiger partial charge in [-0.25, -0.2) is 0 Å². The Morgan fingerprint density at radius 3 is 3.00 bits per heavy atom. The van der Waals surface area contributed by atoms with E-state index >= 15 is 0 Å². The standard InChI is InChI=1S/C13H15FN2O4/c1-2-10-8-20-6-5-15(10)13(17)9-3-4-11(14)12(7-9)16(18)19/h3-4,7,10H,2,5-6,8H2,1H3. The molecule has 0 saturated carbocycles. The van der Waals surface area contributed by atoms with Crippen LogP contribution in [0.1, 0.15) is 23.7 Å². The van der Waals surface area contributed by atoms with Crippen LogP contribution in [0.25, 0.3) is 0 Å². The van der Waals surface area contributed by atoms with Crippen LogP contribution in [0.4, 0.5) is 10.1 Å². The molecule has 0 spiro atoms. The molecule has 0 N–H and O–H groups in total. The Bertz CT molecular complexity index is 535. The number of nitrogens with zero attached hydrogens (tertiary/aromatic N) is 2. The number of hydrogen-bond donors (Lipinski definition) is 0. The zero-order chi connectivity index (χ0) is 14.7. The lowest BCUT2D eigenvalue weighted by atomic mass is 10.1. The minimum absolute atomic E-state index is 0.0552. The fraction of sp³-hybridized carbons (Fsp3) is 0.462. The maximum Gasteiger partial charge on any atom is 0.305 e. The number of benzene rings is 1. The number of amides is 1. The summed E-state index contributed by atoms with van der Waals surface area (Å²) in [5.41, 5.74) is -0.560. The number of rotatable bonds is 3. The quantitative estimate of drug-likeness (QED) is 0.627. The number of morpholine rings is 1. The highest BCUT2D eigenvalue weighted by Gasteiger charge is 2.28. The van der Waals surface area contributed by atoms with E-state index in [9.17, 15) is 19.3 Å². The van der Waals surface area contributed by atoms with Gasteiger partial charge in [0.25, 0.3) is 5.91 Å². The first-order chi connectivity index (χ1) is 9.54. The molecular formula is C13H15FN2O4. The normalized spacial score (nSPS) is 18.9. The van der Waals surface area contributed by atoms with Crippen molar-refractivity contribution in [1.29, 1.82) is 0 Å². The summed E-state index contributed by atoms with van der Waals surface area (Å²) < 4.78 is 18.6. The van der Waals surface area contributed by atoms with Crippen molar-refractivity contribution in [2.75, 3.05) is 19.8 Å². The van der Waals surface area contributed by atoms with Crippen LogP contribution in [0, 0.1) is 15.9 Å². The summed E-state index contributed by atoms with van der Waals surface area (Å²) >= 11 is 0. The van der Waals surface area contributed by atoms with E-state index < -0.39 is 16.4 Å². The highest BCUT2D eigenvalue weighted by atomic mass is 19.1. The van der Waals surface area contributed by atoms with Gasteiger partial charge in [0.05, 0.1) is 24.2 Å². The first kappa shape index (κ1) is 14.4. The van der Waals surface area contributed by atoms with Gasteiger partial charge in [-0.15, -0.1) is 0 Å². The van der Waals surface area contributed by atoms with Crippen molar-refractivity contribution in [2.24, 2.45) is 0 Å². The Kier molecular flexibility index (Phi) is 4.29. The van der Waals surface area contributed by atoms with Crippen LogP contribution < -0.4 is 0 Å². The van der Waals surface area contributed by atoms with Gasteiger partial charge in [0, 0.05) is 18.2 Å². The number of carbonyl (C=O) groups excluding carboxylic acids is 1. The van der Waals surface area contributed by atoms with Gasteiger partial charge in [-0.2, -0.15) is 4.39 Å². The van der Waals surface area contributed by atoms with Crippen molar-refractivity contribution in [2.45, 2.75) is 19.4 Å². The molecule has 2 rings (SSSR count). The van der Waals surface area contributed by atoms with Crippen molar-refractivity contribution >= 4 is 11.6 Å². The zero-order valence-corrected chi connectivity index (χ0v) is 11.0. The summed E-state index contributed by atoms with van der Waals surface area (Å²) in [5.74, 6) is -1.27. The molecule has 1 aliphatic rings. The van der Waals surface area contributed by atoms with Gasteiger partial charge in [-0.05, 0) is 18.6 Å². The molecule has 0 radical (unpaired) electrons. The molecule has 0 bridgehead atoms. The average molecular weight is 282 g/mol. The third kappa shape index (κ3) is 2.77. The Morgan fingerprint density at radius 2 is 2.35 bits per heavy atom. The van der Waals surface area contributed by atoms with Crippen molar-refractivity contribution in [3.05, 3.63) is 39.7 Å². The molecule has 1 fully saturated rings. The van der Waals surface area contributed by atoms with Crippen LogP contribution >= 0.6 is 0 Å². The molecule has 1 aromatic rings. The van der Waals surface area contributed by atoms with Gasteiger partial charge in [0.1, 0.15) is 0 Å². The van der Waals surface area contributed by atoms with Crippen molar-refractivity contribution in [3.8, 4) is 0 Å². The van der Waals surface area contributed by atoms with Crippen molar-refractivity contribution < 1.29 is 18.8 Å². The van der Waals surface area contributed by atoms with E-state index in [2.05, 4.69) is 0 Å². The molecule has 0 aliphatic carbocycles. The van der Waals surface area contributed by atoms with Crippen LogP contribution in [-0.4, -0.2) is 41.5 Å². The van der Waals surface area contributed by atoms with Gasteiger partial charge < -0.3 is 9.64 Å². The molecule has 20 heavy (non-hydrogen) atoms. The van der Waals surface area contributed by atoms with Gasteiger partial charge in [0.15, 0.2) is 0 Å². The van der Waals surface area contributed by atoms with E-state index in [1.165, 1.54) is 6.07 Å². The predicted molar refractivity (Wildman–Crippen MR) is 69.0 cm³/mol. The Hall–Kier alpha value is -2.02. The number of nitro groups is 1. The molecule has 1 atom stereocenters. The molecule has 1 heterocycles. The number of ether oxygens (including phenoxy) is 1. The SMILES string of the molecule is CCC1COCCN1C(=O)c1ccc(F)c([N+](=O)[O-])c1. The molecule has 1 aliphatic heterocycles. The lowest BCUT2D eigenvalue weighted by Gasteiger charge is -2.35. The predicted octanol–water partition coefficient (Wildman–Crippen LogP) is 1.98. The van der Waals surface area contributed by atoms with E-state index in [1.807, 2.05) is 6.92 Å². The minimum atomic E-state index is -0.944. The third-order valence-electron chi connectivity index (χ3n) is 3.35. The van der Waals surface area contributed by atoms with Gasteiger partial charge >= 0.3 is 5.69 Å². The Balaban J connectivity index is 2.28. The first-order valence-corrected chi connectivity index (χ1v) is 6.37. The van der Waals surface area contributed by atoms with E-state index in [0.717, 1.165) is 18.6 Å². The van der Waals surface area contributed by atoms with Crippen LogP contribution in [0.2, 0.25) is 0 Å². The summed E-state index contributed by atoms with van der Waals surface area (Å²) in [7, 11) is 0. The van der Waals surface area contributed by atoms with Crippen LogP contribution in [-0.2, 0) is 4.74 Å². The van der Waals surface area contributed by atoms with E-state index in [-0.39, 0.29) is 17.5 Å². The van der Waals surface area contributed by atoms with Gasteiger partial charge in [0.2, 0.25) is 5.82 Å². The summed E-state index contributed by atoms with van der Waals surface area (Å²) in [6.07, 6.45) is 0.731. The van der Waals surface area contributed by atoms with E-state index in [0.29, 0.717) is 19.8 Å². The second-order valence-electron chi connectivity index (χ2n) is 4.56. The fourth-order valence-corrected chi connectivity index (χ4v) is 2.21. The zero-order valence-electron chi connectivity index (χ0n) is 11.0. The maximum absolute atomic E-state index is 13.3. The average Bonchev–Trinajstić information content (AvgIpc) is 2.46. The molecule has 1 amide bonds. The van der Waals surface area contributed by atoms with E-state index in [1.54, 1.807) is 4.90 Å². The van der Waals surface area contributed by atoms with Crippen LogP contribution in [0.5, 0.6) is 0 Å². The molecule has 7 heteroatoms. The summed E-state index contributed by atoms with van der Waals surface area (Å²) in [5, 5.41) is 10.7. The molecule has 1 aromatic carbocycles. The van der Waals surface area contributed by atoms with E-state index in [4.69, 9.17) is 4.74 Å². The number of carbonyl (C=O) groups is 1. The number of halogens is 1. The monoisotopic (exact) mass is 282 g/mol. The number of nitro benzene ring substituents is 1. The molecule has 1 saturated heterocycles. The molecule has 108 valence electrons. The van der Waals surface area contributed by atoms with Gasteiger partial charge in [-0.1, -0.05) is 6.92 Å². The highest BCUT2D eigenvalue weighted by molar-refractivity contribution is 5.95. The molecular weight excluding hydrogens is 267 g/mol. The fourth-order valence-electron chi connectivity index (χ4n) is 2.21. The summed E-state index contributed by atoms with van der Waals surface area (Å²) in [6, 6.07) is 3.15.